The van der Waals surface area contributed by atoms with Crippen LogP contribution in [0.1, 0.15) is 25.7 Å². The first-order chi connectivity index (χ1) is 8.73. The van der Waals surface area contributed by atoms with E-state index in [0.717, 1.165) is 37.7 Å². The first-order valence-corrected chi connectivity index (χ1v) is 6.21. The van der Waals surface area contributed by atoms with E-state index in [-0.39, 0.29) is 5.91 Å². The lowest BCUT2D eigenvalue weighted by molar-refractivity contribution is -0.119. The van der Waals surface area contributed by atoms with Crippen molar-refractivity contribution in [2.75, 3.05) is 4.90 Å². The van der Waals surface area contributed by atoms with Gasteiger partial charge in [-0.05, 0) is 31.1 Å². The van der Waals surface area contributed by atoms with Crippen molar-refractivity contribution in [1.29, 1.82) is 0 Å². The van der Waals surface area contributed by atoms with Crippen LogP contribution in [-0.2, 0) is 9.59 Å². The normalized spacial score (nSPS) is 17.1. The van der Waals surface area contributed by atoms with E-state index in [0.29, 0.717) is 0 Å². The minimum absolute atomic E-state index is 0.213. The van der Waals surface area contributed by atoms with Gasteiger partial charge in [0.2, 0.25) is 0 Å². The molecule has 0 unspecified atom stereocenters. The standard InChI is InChI=1S/C15H17NO2/c1-2-14(18)16(13-8-4-3-5-9-13)15(12-17)10-6-7-11-15/h2-5,8-9,12H,1,6-7,10-11H2. The monoisotopic (exact) mass is 243 g/mol. The van der Waals surface area contributed by atoms with Gasteiger partial charge in [-0.2, -0.15) is 0 Å². The molecule has 94 valence electrons. The van der Waals surface area contributed by atoms with Crippen LogP contribution in [0.2, 0.25) is 0 Å². The Morgan fingerprint density at radius 3 is 2.33 bits per heavy atom. The number of nitrogens with zero attached hydrogens (tertiary/aromatic N) is 1. The fourth-order valence-electron chi connectivity index (χ4n) is 2.65. The van der Waals surface area contributed by atoms with Crippen LogP contribution < -0.4 is 4.90 Å². The van der Waals surface area contributed by atoms with E-state index >= 15 is 0 Å². The Morgan fingerprint density at radius 2 is 1.83 bits per heavy atom. The number of hydrogen-bond donors (Lipinski definition) is 0. The molecule has 0 saturated heterocycles. The van der Waals surface area contributed by atoms with E-state index in [1.54, 1.807) is 4.90 Å². The molecule has 3 heteroatoms. The number of para-hydroxylation sites is 1. The second-order valence-corrected chi connectivity index (χ2v) is 4.64. The molecule has 0 spiro atoms. The molecule has 2 rings (SSSR count). The summed E-state index contributed by atoms with van der Waals surface area (Å²) in [5, 5.41) is 0. The molecule has 1 aliphatic rings. The van der Waals surface area contributed by atoms with Gasteiger partial charge in [0.25, 0.3) is 5.91 Å². The number of aldehydes is 1. The van der Waals surface area contributed by atoms with Crippen molar-refractivity contribution in [2.45, 2.75) is 31.2 Å². The lowest BCUT2D eigenvalue weighted by Gasteiger charge is -2.36. The molecule has 1 fully saturated rings. The number of benzene rings is 1. The molecular weight excluding hydrogens is 226 g/mol. The number of amides is 1. The average molecular weight is 243 g/mol. The Morgan fingerprint density at radius 1 is 1.22 bits per heavy atom. The molecule has 1 amide bonds. The third-order valence-corrected chi connectivity index (χ3v) is 3.54. The second kappa shape index (κ2) is 5.17. The van der Waals surface area contributed by atoms with Crippen LogP contribution in [0.15, 0.2) is 43.0 Å². The largest absolute Gasteiger partial charge is 0.301 e. The quantitative estimate of drug-likeness (QED) is 0.602. The van der Waals surface area contributed by atoms with Crippen molar-refractivity contribution < 1.29 is 9.59 Å². The van der Waals surface area contributed by atoms with Gasteiger partial charge in [0, 0.05) is 5.69 Å². The van der Waals surface area contributed by atoms with Crippen LogP contribution in [0.4, 0.5) is 5.69 Å². The van der Waals surface area contributed by atoms with Gasteiger partial charge in [-0.15, -0.1) is 0 Å². The number of carbonyl (C=O) groups is 2. The van der Waals surface area contributed by atoms with E-state index in [4.69, 9.17) is 0 Å². The summed E-state index contributed by atoms with van der Waals surface area (Å²) >= 11 is 0. The SMILES string of the molecule is C=CC(=O)N(c1ccccc1)C1(C=O)CCCC1. The van der Waals surface area contributed by atoms with Crippen LogP contribution in [0.5, 0.6) is 0 Å². The molecule has 1 aromatic rings. The van der Waals surface area contributed by atoms with Gasteiger partial charge in [-0.1, -0.05) is 37.6 Å². The summed E-state index contributed by atoms with van der Waals surface area (Å²) in [7, 11) is 0. The topological polar surface area (TPSA) is 37.4 Å². The molecule has 0 aliphatic heterocycles. The van der Waals surface area contributed by atoms with Crippen LogP contribution in [-0.4, -0.2) is 17.7 Å². The third-order valence-electron chi connectivity index (χ3n) is 3.54. The first-order valence-electron chi connectivity index (χ1n) is 6.21. The van der Waals surface area contributed by atoms with Gasteiger partial charge >= 0.3 is 0 Å². The average Bonchev–Trinajstić information content (AvgIpc) is 2.90. The fraction of sp³-hybridized carbons (Fsp3) is 0.333. The molecule has 0 heterocycles. The van der Waals surface area contributed by atoms with Gasteiger partial charge in [-0.25, -0.2) is 0 Å². The molecule has 0 aromatic heterocycles. The maximum Gasteiger partial charge on any atom is 0.251 e. The van der Waals surface area contributed by atoms with Crippen LogP contribution >= 0.6 is 0 Å². The highest BCUT2D eigenvalue weighted by Gasteiger charge is 2.42. The molecular formula is C15H17NO2. The van der Waals surface area contributed by atoms with E-state index in [2.05, 4.69) is 6.58 Å². The lowest BCUT2D eigenvalue weighted by atomic mass is 9.95. The van der Waals surface area contributed by atoms with Crippen molar-refractivity contribution in [3.8, 4) is 0 Å². The van der Waals surface area contributed by atoms with E-state index in [9.17, 15) is 9.59 Å². The van der Waals surface area contributed by atoms with Gasteiger partial charge < -0.3 is 4.79 Å². The zero-order valence-corrected chi connectivity index (χ0v) is 10.3. The number of rotatable bonds is 4. The highest BCUT2D eigenvalue weighted by Crippen LogP contribution is 2.37. The van der Waals surface area contributed by atoms with Gasteiger partial charge in [0.15, 0.2) is 0 Å². The molecule has 0 radical (unpaired) electrons. The summed E-state index contributed by atoms with van der Waals surface area (Å²) in [5.41, 5.74) is 0.0727. The predicted octanol–water partition coefficient (Wildman–Crippen LogP) is 2.72. The minimum Gasteiger partial charge on any atom is -0.301 e. The maximum absolute atomic E-state index is 12.1. The molecule has 18 heavy (non-hydrogen) atoms. The number of anilines is 1. The van der Waals surface area contributed by atoms with Crippen molar-refractivity contribution >= 4 is 17.9 Å². The van der Waals surface area contributed by atoms with Gasteiger partial charge in [0.1, 0.15) is 11.8 Å². The Bertz CT molecular complexity index is 447. The van der Waals surface area contributed by atoms with Crippen molar-refractivity contribution in [2.24, 2.45) is 0 Å². The summed E-state index contributed by atoms with van der Waals surface area (Å²) in [5.74, 6) is -0.213. The molecule has 1 saturated carbocycles. The summed E-state index contributed by atoms with van der Waals surface area (Å²) in [4.78, 5) is 25.2. The molecule has 0 N–H and O–H groups in total. The van der Waals surface area contributed by atoms with Crippen molar-refractivity contribution in [3.05, 3.63) is 43.0 Å². The Hall–Kier alpha value is -1.90. The van der Waals surface area contributed by atoms with Crippen LogP contribution in [0, 0.1) is 0 Å². The lowest BCUT2D eigenvalue weighted by Crippen LogP contribution is -2.51. The molecule has 1 aromatic carbocycles. The number of hydrogen-bond acceptors (Lipinski definition) is 2. The first kappa shape index (κ1) is 12.6. The van der Waals surface area contributed by atoms with Gasteiger partial charge in [0.05, 0.1) is 0 Å². The van der Waals surface area contributed by atoms with Gasteiger partial charge in [-0.3, -0.25) is 9.69 Å². The summed E-state index contributed by atoms with van der Waals surface area (Å²) < 4.78 is 0. The van der Waals surface area contributed by atoms with Crippen LogP contribution in [0.3, 0.4) is 0 Å². The summed E-state index contributed by atoms with van der Waals surface area (Å²) in [6, 6.07) is 9.33. The Kier molecular flexibility index (Phi) is 3.60. The Labute approximate surface area is 107 Å². The zero-order valence-electron chi connectivity index (χ0n) is 10.3. The highest BCUT2D eigenvalue weighted by molar-refractivity contribution is 6.05. The summed E-state index contributed by atoms with van der Waals surface area (Å²) in [6.07, 6.45) is 5.61. The fourth-order valence-corrected chi connectivity index (χ4v) is 2.65. The van der Waals surface area contributed by atoms with E-state index in [1.165, 1.54) is 6.08 Å². The molecule has 1 aliphatic carbocycles. The van der Waals surface area contributed by atoms with Crippen molar-refractivity contribution in [1.82, 2.24) is 0 Å². The van der Waals surface area contributed by atoms with E-state index < -0.39 is 5.54 Å². The highest BCUT2D eigenvalue weighted by atomic mass is 16.2. The van der Waals surface area contributed by atoms with Crippen LogP contribution in [0.25, 0.3) is 0 Å². The minimum atomic E-state index is -0.688. The van der Waals surface area contributed by atoms with Crippen molar-refractivity contribution in [3.63, 3.8) is 0 Å². The number of carbonyl (C=O) groups excluding carboxylic acids is 2. The Balaban J connectivity index is 2.45. The second-order valence-electron chi connectivity index (χ2n) is 4.64. The zero-order chi connectivity index (χ0) is 13.0. The molecule has 3 nitrogen and oxygen atoms in total. The van der Waals surface area contributed by atoms with E-state index in [1.807, 2.05) is 30.3 Å². The molecule has 0 bridgehead atoms. The third kappa shape index (κ3) is 2.08. The smallest absolute Gasteiger partial charge is 0.251 e. The predicted molar refractivity (Wildman–Crippen MR) is 71.4 cm³/mol. The summed E-state index contributed by atoms with van der Waals surface area (Å²) in [6.45, 7) is 3.54. The maximum atomic E-state index is 12.1. The molecule has 0 atom stereocenters.